The second-order valence-electron chi connectivity index (χ2n) is 6.46. The van der Waals surface area contributed by atoms with E-state index in [1.807, 2.05) is 12.1 Å². The maximum atomic E-state index is 5.84. The lowest BCUT2D eigenvalue weighted by Gasteiger charge is -2.33. The third kappa shape index (κ3) is 2.81. The number of nitrogens with two attached hydrogens (primary N) is 1. The molecule has 122 valence electrons. The van der Waals surface area contributed by atoms with Gasteiger partial charge in [-0.1, -0.05) is 36.4 Å². The first-order valence-electron chi connectivity index (χ1n) is 8.40. The normalized spacial score (nSPS) is 15.8. The highest BCUT2D eigenvalue weighted by Crippen LogP contribution is 2.31. The van der Waals surface area contributed by atoms with Gasteiger partial charge in [-0.25, -0.2) is 4.98 Å². The van der Waals surface area contributed by atoms with Gasteiger partial charge in [-0.3, -0.25) is 0 Å². The molecule has 2 N–H and O–H groups in total. The monoisotopic (exact) mass is 318 g/mol. The van der Waals surface area contributed by atoms with Crippen molar-refractivity contribution in [2.75, 3.05) is 43.9 Å². The summed E-state index contributed by atoms with van der Waals surface area (Å²) in [5, 5.41) is 2.41. The molecule has 1 fully saturated rings. The number of nitrogens with zero attached hydrogens (tertiary/aromatic N) is 3. The molecule has 24 heavy (non-hydrogen) atoms. The Labute approximate surface area is 142 Å². The number of hydrogen-bond donors (Lipinski definition) is 1. The Hall–Kier alpha value is -2.59. The molecule has 1 aromatic heterocycles. The van der Waals surface area contributed by atoms with Gasteiger partial charge in [0.2, 0.25) is 0 Å². The number of piperazine rings is 1. The smallest absolute Gasteiger partial charge is 0.129 e. The minimum Gasteiger partial charge on any atom is -0.399 e. The summed E-state index contributed by atoms with van der Waals surface area (Å²) in [6, 6.07) is 18.7. The molecule has 0 aliphatic carbocycles. The van der Waals surface area contributed by atoms with Crippen LogP contribution in [0.15, 0.2) is 54.6 Å². The Morgan fingerprint density at radius 3 is 2.38 bits per heavy atom. The van der Waals surface area contributed by atoms with Crippen molar-refractivity contribution in [1.82, 2.24) is 9.88 Å². The molecule has 2 heterocycles. The fourth-order valence-corrected chi connectivity index (χ4v) is 3.24. The lowest BCUT2D eigenvalue weighted by Crippen LogP contribution is -2.44. The zero-order chi connectivity index (χ0) is 16.5. The molecule has 0 amide bonds. The molecule has 0 atom stereocenters. The molecule has 0 spiro atoms. The van der Waals surface area contributed by atoms with Crippen LogP contribution in [0.3, 0.4) is 0 Å². The van der Waals surface area contributed by atoms with E-state index in [1.54, 1.807) is 0 Å². The minimum atomic E-state index is 0.776. The maximum absolute atomic E-state index is 5.84. The van der Waals surface area contributed by atoms with Crippen LogP contribution >= 0.6 is 0 Å². The summed E-state index contributed by atoms with van der Waals surface area (Å²) < 4.78 is 0. The van der Waals surface area contributed by atoms with Gasteiger partial charge in [0.25, 0.3) is 0 Å². The minimum absolute atomic E-state index is 0.776. The Balaban J connectivity index is 1.83. The largest absolute Gasteiger partial charge is 0.399 e. The number of anilines is 2. The lowest BCUT2D eigenvalue weighted by atomic mass is 10.0. The Kier molecular flexibility index (Phi) is 3.82. The van der Waals surface area contributed by atoms with E-state index in [-0.39, 0.29) is 0 Å². The zero-order valence-electron chi connectivity index (χ0n) is 13.9. The van der Waals surface area contributed by atoms with Crippen LogP contribution in [0.2, 0.25) is 0 Å². The van der Waals surface area contributed by atoms with E-state index >= 15 is 0 Å². The summed E-state index contributed by atoms with van der Waals surface area (Å²) >= 11 is 0. The molecular formula is C20H22N4. The predicted molar refractivity (Wildman–Crippen MR) is 101 cm³/mol. The van der Waals surface area contributed by atoms with E-state index in [2.05, 4.69) is 59.3 Å². The van der Waals surface area contributed by atoms with Crippen LogP contribution < -0.4 is 10.6 Å². The molecule has 4 rings (SSSR count). The first-order chi connectivity index (χ1) is 11.7. The van der Waals surface area contributed by atoms with Crippen molar-refractivity contribution in [1.29, 1.82) is 0 Å². The summed E-state index contributed by atoms with van der Waals surface area (Å²) in [7, 11) is 2.17. The highest BCUT2D eigenvalue weighted by atomic mass is 15.3. The molecule has 0 bridgehead atoms. The van der Waals surface area contributed by atoms with E-state index < -0.39 is 0 Å². The summed E-state index contributed by atoms with van der Waals surface area (Å²) in [6.07, 6.45) is 0. The van der Waals surface area contributed by atoms with Crippen LogP contribution in [-0.4, -0.2) is 43.1 Å². The van der Waals surface area contributed by atoms with Gasteiger partial charge in [0.05, 0.1) is 5.69 Å². The molecular weight excluding hydrogens is 296 g/mol. The summed E-state index contributed by atoms with van der Waals surface area (Å²) in [5.41, 5.74) is 8.76. The SMILES string of the molecule is CN1CCN(c2cc3ccccc3c(-c3ccc(N)cc3)n2)CC1. The van der Waals surface area contributed by atoms with E-state index in [0.717, 1.165) is 48.9 Å². The molecule has 3 aromatic rings. The van der Waals surface area contributed by atoms with Gasteiger partial charge < -0.3 is 15.5 Å². The highest BCUT2D eigenvalue weighted by Gasteiger charge is 2.17. The standard InChI is InChI=1S/C20H22N4/c1-23-10-12-24(13-11-23)19-14-16-4-2-3-5-18(16)20(22-19)15-6-8-17(21)9-7-15/h2-9,14H,10-13,21H2,1H3. The Morgan fingerprint density at radius 2 is 1.62 bits per heavy atom. The van der Waals surface area contributed by atoms with Gasteiger partial charge >= 0.3 is 0 Å². The topological polar surface area (TPSA) is 45.4 Å². The Morgan fingerprint density at radius 1 is 0.917 bits per heavy atom. The number of benzene rings is 2. The maximum Gasteiger partial charge on any atom is 0.129 e. The second kappa shape index (κ2) is 6.13. The van der Waals surface area contributed by atoms with E-state index in [1.165, 1.54) is 10.8 Å². The number of rotatable bonds is 2. The van der Waals surface area contributed by atoms with Crippen molar-refractivity contribution in [3.8, 4) is 11.3 Å². The van der Waals surface area contributed by atoms with Gasteiger partial charge in [-0.05, 0) is 30.6 Å². The third-order valence-corrected chi connectivity index (χ3v) is 4.74. The quantitative estimate of drug-likeness (QED) is 0.737. The van der Waals surface area contributed by atoms with Crippen LogP contribution in [0.5, 0.6) is 0 Å². The van der Waals surface area contributed by atoms with Crippen molar-refractivity contribution >= 4 is 22.3 Å². The molecule has 0 unspecified atom stereocenters. The van der Waals surface area contributed by atoms with Crippen molar-refractivity contribution in [3.05, 3.63) is 54.6 Å². The van der Waals surface area contributed by atoms with Gasteiger partial charge in [-0.15, -0.1) is 0 Å². The molecule has 0 radical (unpaired) electrons. The highest BCUT2D eigenvalue weighted by molar-refractivity contribution is 5.96. The Bertz CT molecular complexity index is 849. The van der Waals surface area contributed by atoms with Crippen LogP contribution in [0.1, 0.15) is 0 Å². The number of fused-ring (bicyclic) bond motifs is 1. The molecule has 1 aliphatic rings. The number of likely N-dealkylation sites (N-methyl/N-ethyl adjacent to an activating group) is 1. The van der Waals surface area contributed by atoms with Crippen molar-refractivity contribution in [3.63, 3.8) is 0 Å². The van der Waals surface area contributed by atoms with Crippen LogP contribution in [0.25, 0.3) is 22.0 Å². The van der Waals surface area contributed by atoms with Crippen LogP contribution in [0, 0.1) is 0 Å². The molecule has 1 saturated heterocycles. The van der Waals surface area contributed by atoms with E-state index in [9.17, 15) is 0 Å². The molecule has 4 heteroatoms. The van der Waals surface area contributed by atoms with Gasteiger partial charge in [-0.2, -0.15) is 0 Å². The fraction of sp³-hybridized carbons (Fsp3) is 0.250. The number of pyridine rings is 1. The van der Waals surface area contributed by atoms with Crippen molar-refractivity contribution in [2.45, 2.75) is 0 Å². The van der Waals surface area contributed by atoms with Crippen molar-refractivity contribution in [2.24, 2.45) is 0 Å². The van der Waals surface area contributed by atoms with E-state index in [4.69, 9.17) is 10.7 Å². The second-order valence-corrected chi connectivity index (χ2v) is 6.46. The number of hydrogen-bond acceptors (Lipinski definition) is 4. The number of aromatic nitrogens is 1. The first kappa shape index (κ1) is 15.0. The first-order valence-corrected chi connectivity index (χ1v) is 8.40. The fourth-order valence-electron chi connectivity index (χ4n) is 3.24. The third-order valence-electron chi connectivity index (χ3n) is 4.74. The van der Waals surface area contributed by atoms with Crippen molar-refractivity contribution < 1.29 is 0 Å². The van der Waals surface area contributed by atoms with Gasteiger partial charge in [0.1, 0.15) is 5.82 Å². The molecule has 4 nitrogen and oxygen atoms in total. The van der Waals surface area contributed by atoms with E-state index in [0.29, 0.717) is 0 Å². The molecule has 2 aromatic carbocycles. The predicted octanol–water partition coefficient (Wildman–Crippen LogP) is 3.24. The average Bonchev–Trinajstić information content (AvgIpc) is 2.62. The summed E-state index contributed by atoms with van der Waals surface area (Å²) in [6.45, 7) is 4.18. The molecule has 0 saturated carbocycles. The molecule has 1 aliphatic heterocycles. The summed E-state index contributed by atoms with van der Waals surface area (Å²) in [4.78, 5) is 9.76. The zero-order valence-corrected chi connectivity index (χ0v) is 13.9. The van der Waals surface area contributed by atoms with Gasteiger partial charge in [0.15, 0.2) is 0 Å². The number of nitrogen functional groups attached to an aromatic ring is 1. The average molecular weight is 318 g/mol. The van der Waals surface area contributed by atoms with Gasteiger partial charge in [0, 0.05) is 42.8 Å². The van der Waals surface area contributed by atoms with Crippen LogP contribution in [-0.2, 0) is 0 Å². The summed E-state index contributed by atoms with van der Waals surface area (Å²) in [5.74, 6) is 1.06. The van der Waals surface area contributed by atoms with Crippen LogP contribution in [0.4, 0.5) is 11.5 Å². The lowest BCUT2D eigenvalue weighted by molar-refractivity contribution is 0.312.